The Balaban J connectivity index is 0.000000161. The predicted octanol–water partition coefficient (Wildman–Crippen LogP) is 0.698. The summed E-state index contributed by atoms with van der Waals surface area (Å²) in [5, 5.41) is 12.3. The third kappa shape index (κ3) is 24.9. The normalized spacial score (nSPS) is 19.9. The molecule has 2 N–H and O–H groups in total. The zero-order valence-electron chi connectivity index (χ0n) is 51.0. The standard InChI is InChI=1S/C16H23NO7S.C16H24NO4.C13H17NO3.C9H8O3.C4H9NO.C3H6O4S.ClH/c18-25(19,20)24-7-1-4-17(5-8-21-9-6-17)13-14-2-3-15-16(12-14)23-11-10-22-15;18-7-1-4-17(5-8-19-9-6-17)13-14-2-3-15-16(12-14)21-11-10-20-15;1-2-12-13(17-8-7-16-12)9-11(1)10-14-3-5-15-6-4-14;10-6-7-1-2-8-9(5-7)12-4-3-11-8;1-3-6-4-2-5-1;4-8(5)6-2-1-3-7-8;/h2-3,12H,1,4-11,13H2;2-3,12,18H,1,4-11,13H2;1-2,9H,3-8,10H2;1-2,5-6H,3-4H2;5H,1-4H2;1-3H2;1H/q;+1;;;;;/p-1. The molecule has 90 heavy (non-hydrogen) atoms. The van der Waals surface area contributed by atoms with Gasteiger partial charge in [0.15, 0.2) is 46.0 Å². The van der Waals surface area contributed by atoms with E-state index >= 15 is 0 Å². The smallest absolute Gasteiger partial charge is 0.399 e. The monoisotopic (exact) mass is 1330 g/mol. The van der Waals surface area contributed by atoms with Gasteiger partial charge in [-0.1, -0.05) is 6.07 Å². The summed E-state index contributed by atoms with van der Waals surface area (Å²) in [6.45, 7) is 24.0. The summed E-state index contributed by atoms with van der Waals surface area (Å²) in [5.74, 6) is 6.33. The maximum Gasteiger partial charge on any atom is 0.399 e. The molecule has 5 fully saturated rings. The first kappa shape index (κ1) is 72.1. The number of carbonyl (C=O) groups is 1. The molecular formula is C61H87ClN4O22S2. The molecule has 0 bridgehead atoms. The largest absolute Gasteiger partial charge is 1.00 e. The molecule has 0 unspecified atom stereocenters. The molecule has 502 valence electrons. The second-order valence-corrected chi connectivity index (χ2v) is 24.2. The first-order valence-corrected chi connectivity index (χ1v) is 33.2. The van der Waals surface area contributed by atoms with Gasteiger partial charge in [0.2, 0.25) is 10.4 Å². The van der Waals surface area contributed by atoms with E-state index < -0.39 is 20.8 Å². The average molecular weight is 1330 g/mol. The number of aliphatic hydroxyl groups excluding tert-OH is 1. The van der Waals surface area contributed by atoms with Crippen molar-refractivity contribution < 1.29 is 122 Å². The number of aliphatic hydroxyl groups is 1. The fourth-order valence-electron chi connectivity index (χ4n) is 10.8. The van der Waals surface area contributed by atoms with Crippen LogP contribution < -0.4 is 55.6 Å². The van der Waals surface area contributed by atoms with Crippen molar-refractivity contribution in [1.82, 2.24) is 10.2 Å². The van der Waals surface area contributed by atoms with Crippen molar-refractivity contribution in [3.05, 3.63) is 95.1 Å². The van der Waals surface area contributed by atoms with Crippen molar-refractivity contribution in [1.29, 1.82) is 0 Å². The molecule has 13 rings (SSSR count). The van der Waals surface area contributed by atoms with E-state index in [-0.39, 0.29) is 38.8 Å². The third-order valence-electron chi connectivity index (χ3n) is 15.3. The summed E-state index contributed by atoms with van der Waals surface area (Å²) in [6.07, 6.45) is 2.77. The highest BCUT2D eigenvalue weighted by atomic mass is 35.5. The highest BCUT2D eigenvalue weighted by Crippen LogP contribution is 2.35. The van der Waals surface area contributed by atoms with Crippen LogP contribution in [0.5, 0.6) is 46.0 Å². The van der Waals surface area contributed by atoms with Crippen molar-refractivity contribution in [3.63, 3.8) is 0 Å². The first-order chi connectivity index (χ1) is 43.3. The van der Waals surface area contributed by atoms with Crippen LogP contribution in [0.4, 0.5) is 0 Å². The highest BCUT2D eigenvalue weighted by molar-refractivity contribution is 7.81. The SMILES string of the molecule is C1COCCN1.O=Cc1ccc2c(c1)OCCO2.O=S(=O)([O-])OCCC[N+]1(Cc2ccc3c(c2)OCCO3)CCOCC1.O=S1(=O)OCCCO1.OCCC[N+]1(Cc2ccc3c(c2)OCCO3)CCOCC1.[Cl-].c1cc2c(cc1CN1CCOCC1)OCCO2. The number of ether oxygens (including phenoxy) is 12. The summed E-state index contributed by atoms with van der Waals surface area (Å²) >= 11 is 0. The van der Waals surface area contributed by atoms with Crippen LogP contribution >= 0.6 is 0 Å². The Morgan fingerprint density at radius 2 is 0.922 bits per heavy atom. The number of nitrogens with one attached hydrogen (secondary N) is 1. The third-order valence-corrected chi connectivity index (χ3v) is 16.7. The molecule has 4 aromatic rings. The lowest BCUT2D eigenvalue weighted by Crippen LogP contribution is -3.00. The van der Waals surface area contributed by atoms with Gasteiger partial charge in [-0.25, -0.2) is 16.8 Å². The summed E-state index contributed by atoms with van der Waals surface area (Å²) in [6, 6.07) is 23.5. The van der Waals surface area contributed by atoms with E-state index in [0.717, 1.165) is 180 Å². The van der Waals surface area contributed by atoms with Crippen LogP contribution in [0.15, 0.2) is 72.8 Å². The molecule has 9 aliphatic rings. The van der Waals surface area contributed by atoms with Gasteiger partial charge >= 0.3 is 10.4 Å². The molecule has 0 saturated carbocycles. The number of hydrogen-bond acceptors (Lipinski definition) is 24. The molecule has 9 aliphatic heterocycles. The number of hydrogen-bond donors (Lipinski definition) is 2. The summed E-state index contributed by atoms with van der Waals surface area (Å²) in [7, 11) is -8.21. The van der Waals surface area contributed by atoms with Gasteiger partial charge in [0.1, 0.15) is 98.4 Å². The van der Waals surface area contributed by atoms with Crippen molar-refractivity contribution in [2.45, 2.75) is 38.9 Å². The fraction of sp³-hybridized carbons (Fsp3) is 0.590. The number of aldehydes is 1. The van der Waals surface area contributed by atoms with Gasteiger partial charge in [-0.3, -0.25) is 13.9 Å². The minimum Gasteiger partial charge on any atom is -1.00 e. The predicted molar refractivity (Wildman–Crippen MR) is 321 cm³/mol. The van der Waals surface area contributed by atoms with Gasteiger partial charge in [0.25, 0.3) is 0 Å². The van der Waals surface area contributed by atoms with Gasteiger partial charge in [-0.15, -0.1) is 0 Å². The Morgan fingerprint density at radius 1 is 0.522 bits per heavy atom. The highest BCUT2D eigenvalue weighted by Gasteiger charge is 2.33. The van der Waals surface area contributed by atoms with Gasteiger partial charge < -0.3 is 93.2 Å². The Morgan fingerprint density at radius 3 is 1.32 bits per heavy atom. The molecule has 9 heterocycles. The molecular weight excluding hydrogens is 1240 g/mol. The van der Waals surface area contributed by atoms with Gasteiger partial charge in [-0.05, 0) is 78.7 Å². The van der Waals surface area contributed by atoms with E-state index in [0.29, 0.717) is 103 Å². The summed E-state index contributed by atoms with van der Waals surface area (Å²) in [5.41, 5.74) is 4.28. The molecule has 5 saturated heterocycles. The molecule has 0 spiro atoms. The lowest BCUT2D eigenvalue weighted by atomic mass is 10.1. The molecule has 0 amide bonds. The topological polar surface area (TPSA) is 282 Å². The van der Waals surface area contributed by atoms with Crippen LogP contribution in [0.1, 0.15) is 46.3 Å². The van der Waals surface area contributed by atoms with Crippen molar-refractivity contribution in [3.8, 4) is 46.0 Å². The number of carbonyl (C=O) groups excluding carboxylic acids is 1. The van der Waals surface area contributed by atoms with Gasteiger partial charge in [0.05, 0.1) is 85.8 Å². The Bertz CT molecular complexity index is 2980. The minimum atomic E-state index is -4.63. The van der Waals surface area contributed by atoms with Crippen LogP contribution in [0.3, 0.4) is 0 Å². The maximum absolute atomic E-state index is 10.6. The van der Waals surface area contributed by atoms with Gasteiger partial charge in [0, 0.05) is 68.9 Å². The number of morpholine rings is 4. The zero-order valence-corrected chi connectivity index (χ0v) is 53.4. The second-order valence-electron chi connectivity index (χ2n) is 21.8. The second kappa shape index (κ2) is 38.0. The molecule has 26 nitrogen and oxygen atoms in total. The van der Waals surface area contributed by atoms with Crippen molar-refractivity contribution >= 4 is 27.1 Å². The summed E-state index contributed by atoms with van der Waals surface area (Å²) < 4.78 is 132. The average Bonchev–Trinajstić information content (AvgIpc) is 1.72. The van der Waals surface area contributed by atoms with Crippen LogP contribution in [-0.4, -0.2) is 244 Å². The molecule has 0 aliphatic carbocycles. The quantitative estimate of drug-likeness (QED) is 0.0545. The van der Waals surface area contributed by atoms with E-state index in [1.54, 1.807) is 18.2 Å². The van der Waals surface area contributed by atoms with E-state index in [1.807, 2.05) is 30.3 Å². The number of benzene rings is 4. The van der Waals surface area contributed by atoms with Crippen molar-refractivity contribution in [2.24, 2.45) is 0 Å². The lowest BCUT2D eigenvalue weighted by molar-refractivity contribution is -0.947. The first-order valence-electron chi connectivity index (χ1n) is 30.5. The molecule has 0 radical (unpaired) electrons. The van der Waals surface area contributed by atoms with Crippen LogP contribution in [0.2, 0.25) is 0 Å². The van der Waals surface area contributed by atoms with Crippen LogP contribution in [0, 0.1) is 0 Å². The van der Waals surface area contributed by atoms with E-state index in [4.69, 9.17) is 61.9 Å². The van der Waals surface area contributed by atoms with Crippen molar-refractivity contribution in [2.75, 3.05) is 198 Å². The fourth-order valence-corrected chi connectivity index (χ4v) is 11.8. The number of quaternary nitrogens is 2. The maximum atomic E-state index is 10.6. The van der Waals surface area contributed by atoms with E-state index in [1.165, 1.54) is 11.1 Å². The molecule has 29 heteroatoms. The molecule has 0 atom stereocenters. The van der Waals surface area contributed by atoms with Crippen LogP contribution in [0.25, 0.3) is 0 Å². The molecule has 4 aromatic carbocycles. The Kier molecular flexibility index (Phi) is 30.4. The summed E-state index contributed by atoms with van der Waals surface area (Å²) in [4.78, 5) is 12.8. The zero-order chi connectivity index (χ0) is 62.5. The van der Waals surface area contributed by atoms with Crippen LogP contribution in [-0.2, 0) is 71.9 Å². The minimum absolute atomic E-state index is 0. The van der Waals surface area contributed by atoms with Gasteiger partial charge in [-0.2, -0.15) is 8.42 Å². The van der Waals surface area contributed by atoms with E-state index in [2.05, 4.69) is 47.0 Å². The van der Waals surface area contributed by atoms with E-state index in [9.17, 15) is 26.2 Å². The number of halogens is 1. The number of fused-ring (bicyclic) bond motifs is 4. The number of nitrogens with zero attached hydrogens (tertiary/aromatic N) is 3. The molecule has 0 aromatic heterocycles. The Hall–Kier alpha value is -5.38. The Labute approximate surface area is 534 Å². The lowest BCUT2D eigenvalue weighted by Gasteiger charge is -2.41. The number of rotatable bonds is 15.